The third kappa shape index (κ3) is 2.03. The van der Waals surface area contributed by atoms with Crippen LogP contribution in [0, 0.1) is 6.92 Å². The summed E-state index contributed by atoms with van der Waals surface area (Å²) in [6, 6.07) is 7.84. The minimum absolute atomic E-state index is 0.651. The van der Waals surface area contributed by atoms with Gasteiger partial charge in [0.05, 0.1) is 16.4 Å². The lowest BCUT2D eigenvalue weighted by Crippen LogP contribution is -2.07. The summed E-state index contributed by atoms with van der Waals surface area (Å²) in [7, 11) is 1.82. The SMILES string of the molecule is Cc1cccc(C(O)c2c(Br)cnn2C)c1. The highest BCUT2D eigenvalue weighted by Crippen LogP contribution is 2.28. The first-order valence-electron chi connectivity index (χ1n) is 5.01. The zero-order valence-electron chi connectivity index (χ0n) is 9.18. The lowest BCUT2D eigenvalue weighted by atomic mass is 10.0. The van der Waals surface area contributed by atoms with Gasteiger partial charge >= 0.3 is 0 Å². The summed E-state index contributed by atoms with van der Waals surface area (Å²) < 4.78 is 2.50. The van der Waals surface area contributed by atoms with Crippen molar-refractivity contribution in [1.82, 2.24) is 9.78 Å². The average molecular weight is 281 g/mol. The van der Waals surface area contributed by atoms with Gasteiger partial charge in [0.1, 0.15) is 6.10 Å². The zero-order chi connectivity index (χ0) is 11.7. The molecule has 0 aliphatic carbocycles. The number of hydrogen-bond donors (Lipinski definition) is 1. The quantitative estimate of drug-likeness (QED) is 0.918. The Labute approximate surface area is 103 Å². The second-order valence-corrected chi connectivity index (χ2v) is 4.67. The lowest BCUT2D eigenvalue weighted by molar-refractivity contribution is 0.209. The molecule has 0 aliphatic rings. The summed E-state index contributed by atoms with van der Waals surface area (Å²) in [5.41, 5.74) is 2.78. The van der Waals surface area contributed by atoms with Crippen molar-refractivity contribution in [3.05, 3.63) is 51.8 Å². The van der Waals surface area contributed by atoms with E-state index in [4.69, 9.17) is 0 Å². The Morgan fingerprint density at radius 2 is 2.19 bits per heavy atom. The van der Waals surface area contributed by atoms with Crippen LogP contribution in [0.2, 0.25) is 0 Å². The van der Waals surface area contributed by atoms with Gasteiger partial charge in [0.25, 0.3) is 0 Å². The molecule has 0 aliphatic heterocycles. The van der Waals surface area contributed by atoms with Crippen LogP contribution in [-0.4, -0.2) is 14.9 Å². The first kappa shape index (κ1) is 11.4. The number of aliphatic hydroxyl groups is 1. The lowest BCUT2D eigenvalue weighted by Gasteiger charge is -2.12. The van der Waals surface area contributed by atoms with Gasteiger partial charge in [0.2, 0.25) is 0 Å². The predicted octanol–water partition coefficient (Wildman–Crippen LogP) is 2.57. The number of aliphatic hydroxyl groups excluding tert-OH is 1. The summed E-state index contributed by atoms with van der Waals surface area (Å²) in [6.45, 7) is 2.01. The van der Waals surface area contributed by atoms with E-state index in [1.807, 2.05) is 38.2 Å². The van der Waals surface area contributed by atoms with E-state index in [-0.39, 0.29) is 0 Å². The van der Waals surface area contributed by atoms with E-state index in [0.29, 0.717) is 0 Å². The molecule has 2 aromatic rings. The van der Waals surface area contributed by atoms with Crippen LogP contribution in [0.4, 0.5) is 0 Å². The van der Waals surface area contributed by atoms with Crippen molar-refractivity contribution in [2.75, 3.05) is 0 Å². The van der Waals surface area contributed by atoms with Crippen molar-refractivity contribution in [2.45, 2.75) is 13.0 Å². The molecule has 0 fully saturated rings. The van der Waals surface area contributed by atoms with E-state index in [0.717, 1.165) is 21.3 Å². The van der Waals surface area contributed by atoms with E-state index < -0.39 is 6.10 Å². The molecule has 84 valence electrons. The predicted molar refractivity (Wildman–Crippen MR) is 66.1 cm³/mol. The molecular formula is C12H13BrN2O. The Hall–Kier alpha value is -1.13. The van der Waals surface area contributed by atoms with Crippen LogP contribution in [0.5, 0.6) is 0 Å². The monoisotopic (exact) mass is 280 g/mol. The molecule has 1 atom stereocenters. The van der Waals surface area contributed by atoms with Crippen molar-refractivity contribution >= 4 is 15.9 Å². The van der Waals surface area contributed by atoms with Crippen LogP contribution in [0.1, 0.15) is 22.9 Å². The minimum atomic E-state index is -0.651. The highest BCUT2D eigenvalue weighted by Gasteiger charge is 2.17. The van der Waals surface area contributed by atoms with Crippen LogP contribution in [0.25, 0.3) is 0 Å². The van der Waals surface area contributed by atoms with Gasteiger partial charge in [-0.05, 0) is 28.4 Å². The van der Waals surface area contributed by atoms with Crippen LogP contribution in [-0.2, 0) is 7.05 Å². The Kier molecular flexibility index (Phi) is 3.12. The molecule has 16 heavy (non-hydrogen) atoms. The summed E-state index contributed by atoms with van der Waals surface area (Å²) >= 11 is 3.39. The van der Waals surface area contributed by atoms with Gasteiger partial charge in [-0.1, -0.05) is 29.8 Å². The van der Waals surface area contributed by atoms with Gasteiger partial charge < -0.3 is 5.11 Å². The van der Waals surface area contributed by atoms with Crippen LogP contribution in [0.15, 0.2) is 34.9 Å². The number of hydrogen-bond acceptors (Lipinski definition) is 2. The highest BCUT2D eigenvalue weighted by atomic mass is 79.9. The number of nitrogens with zero attached hydrogens (tertiary/aromatic N) is 2. The van der Waals surface area contributed by atoms with Crippen molar-refractivity contribution in [3.8, 4) is 0 Å². The van der Waals surface area contributed by atoms with Gasteiger partial charge in [0, 0.05) is 7.05 Å². The fourth-order valence-corrected chi connectivity index (χ4v) is 2.29. The molecule has 1 aromatic heterocycles. The molecular weight excluding hydrogens is 268 g/mol. The molecule has 0 bridgehead atoms. The highest BCUT2D eigenvalue weighted by molar-refractivity contribution is 9.10. The van der Waals surface area contributed by atoms with Gasteiger partial charge in [-0.15, -0.1) is 0 Å². The molecule has 0 radical (unpaired) electrons. The van der Waals surface area contributed by atoms with Crippen LogP contribution >= 0.6 is 15.9 Å². The van der Waals surface area contributed by atoms with E-state index in [1.165, 1.54) is 0 Å². The largest absolute Gasteiger partial charge is 0.382 e. The number of benzene rings is 1. The molecule has 0 amide bonds. The zero-order valence-corrected chi connectivity index (χ0v) is 10.8. The Morgan fingerprint density at radius 1 is 1.44 bits per heavy atom. The van der Waals surface area contributed by atoms with Crippen molar-refractivity contribution < 1.29 is 5.11 Å². The minimum Gasteiger partial charge on any atom is -0.382 e. The molecule has 2 rings (SSSR count). The fourth-order valence-electron chi connectivity index (χ4n) is 1.73. The Balaban J connectivity index is 2.43. The molecule has 3 nitrogen and oxygen atoms in total. The summed E-state index contributed by atoms with van der Waals surface area (Å²) in [6.07, 6.45) is 1.04. The third-order valence-corrected chi connectivity index (χ3v) is 3.17. The summed E-state index contributed by atoms with van der Waals surface area (Å²) in [5.74, 6) is 0. The first-order chi connectivity index (χ1) is 7.59. The molecule has 1 unspecified atom stereocenters. The number of aromatic nitrogens is 2. The van der Waals surface area contributed by atoms with E-state index in [1.54, 1.807) is 10.9 Å². The number of aryl methyl sites for hydroxylation is 2. The maximum atomic E-state index is 10.3. The Morgan fingerprint density at radius 3 is 2.75 bits per heavy atom. The summed E-state index contributed by atoms with van der Waals surface area (Å²) in [5, 5.41) is 14.4. The molecule has 1 N–H and O–H groups in total. The van der Waals surface area contributed by atoms with Crippen molar-refractivity contribution in [3.63, 3.8) is 0 Å². The number of rotatable bonds is 2. The average Bonchev–Trinajstić information content (AvgIpc) is 2.58. The van der Waals surface area contributed by atoms with Crippen molar-refractivity contribution in [1.29, 1.82) is 0 Å². The Bertz CT molecular complexity index is 488. The van der Waals surface area contributed by atoms with Crippen LogP contribution < -0.4 is 0 Å². The normalized spacial score (nSPS) is 12.8. The van der Waals surface area contributed by atoms with E-state index >= 15 is 0 Å². The second-order valence-electron chi connectivity index (χ2n) is 3.82. The van der Waals surface area contributed by atoms with Crippen molar-refractivity contribution in [2.24, 2.45) is 7.05 Å². The third-order valence-electron chi connectivity index (χ3n) is 2.55. The second kappa shape index (κ2) is 4.39. The first-order valence-corrected chi connectivity index (χ1v) is 5.81. The van der Waals surface area contributed by atoms with E-state index in [9.17, 15) is 5.11 Å². The van der Waals surface area contributed by atoms with Crippen LogP contribution in [0.3, 0.4) is 0 Å². The molecule has 1 aromatic carbocycles. The summed E-state index contributed by atoms with van der Waals surface area (Å²) in [4.78, 5) is 0. The maximum absolute atomic E-state index is 10.3. The van der Waals surface area contributed by atoms with Gasteiger partial charge in [-0.2, -0.15) is 5.10 Å². The molecule has 1 heterocycles. The number of halogens is 1. The maximum Gasteiger partial charge on any atom is 0.122 e. The topological polar surface area (TPSA) is 38.1 Å². The van der Waals surface area contributed by atoms with Gasteiger partial charge in [-0.3, -0.25) is 4.68 Å². The standard InChI is InChI=1S/C12H13BrN2O/c1-8-4-3-5-9(6-8)12(16)11-10(13)7-14-15(11)2/h3-7,12,16H,1-2H3. The smallest absolute Gasteiger partial charge is 0.122 e. The molecule has 0 spiro atoms. The fraction of sp³-hybridized carbons (Fsp3) is 0.250. The molecule has 0 saturated carbocycles. The molecule has 0 saturated heterocycles. The van der Waals surface area contributed by atoms with Gasteiger partial charge in [0.15, 0.2) is 0 Å². The molecule has 4 heteroatoms. The van der Waals surface area contributed by atoms with Gasteiger partial charge in [-0.25, -0.2) is 0 Å². The van der Waals surface area contributed by atoms with E-state index in [2.05, 4.69) is 21.0 Å².